The van der Waals surface area contributed by atoms with E-state index in [1.165, 1.54) is 92.0 Å². The topological polar surface area (TPSA) is 69.0 Å². The van der Waals surface area contributed by atoms with Crippen LogP contribution in [0.25, 0.3) is 89.7 Å². The summed E-state index contributed by atoms with van der Waals surface area (Å²) < 4.78 is 37.6. The van der Waals surface area contributed by atoms with Crippen molar-refractivity contribution in [3.05, 3.63) is 70.4 Å². The van der Waals surface area contributed by atoms with Gasteiger partial charge in [0, 0.05) is 76.4 Å². The largest absolute Gasteiger partial charge is 0.482 e. The third kappa shape index (κ3) is 4.70. The zero-order valence-corrected chi connectivity index (χ0v) is 37.6. The molecule has 6 nitrogen and oxygen atoms in total. The molecule has 10 aromatic rings. The van der Waals surface area contributed by atoms with Crippen molar-refractivity contribution in [2.45, 2.75) is 38.9 Å². The van der Waals surface area contributed by atoms with E-state index in [1.54, 1.807) is 45.3 Å². The molecule has 3 aliphatic heterocycles. The highest BCUT2D eigenvalue weighted by atomic mass is 32.1. The van der Waals surface area contributed by atoms with Crippen molar-refractivity contribution in [1.29, 1.82) is 0 Å². The molecular formula is C40H22N4O2S10. The Labute approximate surface area is 359 Å². The Kier molecular flexibility index (Phi) is 6.96. The average Bonchev–Trinajstić information content (AvgIpc) is 3.99. The predicted octanol–water partition coefficient (Wildman–Crippen LogP) is 16.5. The molecular weight excluding hydrogens is 889 g/mol. The summed E-state index contributed by atoms with van der Waals surface area (Å²) >= 11 is 17.1. The molecule has 0 atom stereocenters. The normalized spacial score (nSPS) is 15.8. The molecule has 16 heteroatoms. The summed E-state index contributed by atoms with van der Waals surface area (Å²) in [5, 5.41) is 4.30. The summed E-state index contributed by atoms with van der Waals surface area (Å²) in [6, 6.07) is 18.2. The lowest BCUT2D eigenvalue weighted by Gasteiger charge is -2.31. The summed E-state index contributed by atoms with van der Waals surface area (Å²) in [5.74, 6) is 1.98. The minimum Gasteiger partial charge on any atom is -0.482 e. The monoisotopic (exact) mass is 910 g/mol. The lowest BCUT2D eigenvalue weighted by atomic mass is 9.95. The molecule has 0 aliphatic carbocycles. The Hall–Kier alpha value is -3.42. The van der Waals surface area contributed by atoms with E-state index in [2.05, 4.69) is 87.0 Å². The molecule has 0 saturated heterocycles. The maximum Gasteiger partial charge on any atom is 0.140 e. The van der Waals surface area contributed by atoms with Crippen molar-refractivity contribution >= 4 is 155 Å². The number of fused-ring (bicyclic) bond motifs is 10. The second-order valence-electron chi connectivity index (χ2n) is 14.7. The highest BCUT2D eigenvalue weighted by Crippen LogP contribution is 2.59. The van der Waals surface area contributed by atoms with Gasteiger partial charge in [-0.05, 0) is 80.9 Å². The van der Waals surface area contributed by atoms with Crippen molar-refractivity contribution in [2.24, 2.45) is 8.73 Å². The predicted molar refractivity (Wildman–Crippen MR) is 247 cm³/mol. The minimum absolute atomic E-state index is 0.330. The average molecular weight is 911 g/mol. The van der Waals surface area contributed by atoms with Gasteiger partial charge in [-0.2, -0.15) is 17.5 Å². The summed E-state index contributed by atoms with van der Waals surface area (Å²) in [6.45, 7) is 8.65. The quantitative estimate of drug-likeness (QED) is 0.176. The molecule has 13 rings (SSSR count). The summed E-state index contributed by atoms with van der Waals surface area (Å²) in [4.78, 5) is 12.5. The number of aromatic nitrogens is 2. The Balaban J connectivity index is 0.867. The molecule has 56 heavy (non-hydrogen) atoms. The third-order valence-corrected chi connectivity index (χ3v) is 20.9. The fraction of sp³-hybridized carbons (Fsp3) is 0.150. The van der Waals surface area contributed by atoms with E-state index in [-0.39, 0.29) is 11.2 Å². The molecule has 0 fully saturated rings. The zero-order valence-electron chi connectivity index (χ0n) is 29.5. The molecule has 0 radical (unpaired) electrons. The van der Waals surface area contributed by atoms with Crippen LogP contribution in [0.2, 0.25) is 0 Å². The SMILES string of the molecule is CC1(C)Oc2cc(-c3cc4sc(-c5c6c(c(-c7cc8sc(-c9cc%10c(s9)-c9sccc9OC%10(C)C)cc8s7)c7nsnc57)N=S=N6)cc4s3)sc2-c2sccc21. The molecule has 9 aromatic heterocycles. The number of rotatable bonds is 4. The van der Waals surface area contributed by atoms with Crippen LogP contribution >= 0.6 is 102 Å². The second-order valence-corrected chi connectivity index (χ2v) is 24.1. The van der Waals surface area contributed by atoms with Crippen molar-refractivity contribution in [1.82, 2.24) is 8.75 Å². The molecule has 0 amide bonds. The van der Waals surface area contributed by atoms with Crippen LogP contribution in [0.1, 0.15) is 38.8 Å². The Morgan fingerprint density at radius 2 is 1.00 bits per heavy atom. The number of ether oxygens (including phenoxy) is 2. The Bertz CT molecular complexity index is 3330. The molecule has 0 N–H and O–H groups in total. The third-order valence-electron chi connectivity index (χ3n) is 10.5. The molecule has 0 spiro atoms. The van der Waals surface area contributed by atoms with E-state index in [0.29, 0.717) is 0 Å². The first-order chi connectivity index (χ1) is 27.2. The van der Waals surface area contributed by atoms with Crippen LogP contribution in [0.3, 0.4) is 0 Å². The summed E-state index contributed by atoms with van der Waals surface area (Å²) in [7, 11) is 0. The lowest BCUT2D eigenvalue weighted by molar-refractivity contribution is 0.107. The van der Waals surface area contributed by atoms with Crippen LogP contribution in [0.15, 0.2) is 68.0 Å². The van der Waals surface area contributed by atoms with Crippen LogP contribution in [0.4, 0.5) is 11.4 Å². The maximum absolute atomic E-state index is 6.51. The highest BCUT2D eigenvalue weighted by molar-refractivity contribution is 7.58. The van der Waals surface area contributed by atoms with Gasteiger partial charge in [-0.3, -0.25) is 0 Å². The van der Waals surface area contributed by atoms with Gasteiger partial charge in [0.15, 0.2) is 0 Å². The number of hydrogen-bond acceptors (Lipinski definition) is 15. The van der Waals surface area contributed by atoms with Crippen LogP contribution in [-0.2, 0) is 22.6 Å². The van der Waals surface area contributed by atoms with Gasteiger partial charge in [-0.1, -0.05) is 0 Å². The highest BCUT2D eigenvalue weighted by Gasteiger charge is 2.37. The van der Waals surface area contributed by atoms with Crippen LogP contribution in [0, 0.1) is 0 Å². The molecule has 3 aliphatic rings. The second kappa shape index (κ2) is 11.6. The first-order valence-corrected chi connectivity index (χ1v) is 25.6. The summed E-state index contributed by atoms with van der Waals surface area (Å²) in [5.41, 5.74) is 7.52. The van der Waals surface area contributed by atoms with Gasteiger partial charge in [0.1, 0.15) is 45.1 Å². The van der Waals surface area contributed by atoms with Crippen molar-refractivity contribution in [3.63, 3.8) is 0 Å². The van der Waals surface area contributed by atoms with Gasteiger partial charge in [0.05, 0.1) is 42.6 Å². The van der Waals surface area contributed by atoms with Crippen molar-refractivity contribution < 1.29 is 9.47 Å². The van der Waals surface area contributed by atoms with E-state index < -0.39 is 0 Å². The smallest absolute Gasteiger partial charge is 0.140 e. The van der Waals surface area contributed by atoms with E-state index >= 15 is 0 Å². The van der Waals surface area contributed by atoms with Gasteiger partial charge < -0.3 is 9.47 Å². The number of hydrogen-bond donors (Lipinski definition) is 0. The zero-order chi connectivity index (χ0) is 37.2. The molecule has 0 unspecified atom stereocenters. The first-order valence-electron chi connectivity index (χ1n) is 17.5. The van der Waals surface area contributed by atoms with Crippen LogP contribution in [-0.4, -0.2) is 8.75 Å². The Morgan fingerprint density at radius 3 is 1.68 bits per heavy atom. The van der Waals surface area contributed by atoms with Crippen LogP contribution < -0.4 is 9.47 Å². The van der Waals surface area contributed by atoms with E-state index in [4.69, 9.17) is 26.9 Å². The number of nitrogens with zero attached hydrogens (tertiary/aromatic N) is 4. The van der Waals surface area contributed by atoms with Gasteiger partial charge in [-0.25, -0.2) is 0 Å². The van der Waals surface area contributed by atoms with Gasteiger partial charge in [0.25, 0.3) is 0 Å². The molecule has 12 heterocycles. The lowest BCUT2D eigenvalue weighted by Crippen LogP contribution is -2.27. The number of thiophene rings is 8. The summed E-state index contributed by atoms with van der Waals surface area (Å²) in [6.07, 6.45) is 0. The first kappa shape index (κ1) is 33.5. The van der Waals surface area contributed by atoms with E-state index in [9.17, 15) is 0 Å². The van der Waals surface area contributed by atoms with Crippen LogP contribution in [0.5, 0.6) is 11.5 Å². The minimum atomic E-state index is -0.360. The van der Waals surface area contributed by atoms with Gasteiger partial charge >= 0.3 is 0 Å². The van der Waals surface area contributed by atoms with Crippen molar-refractivity contribution in [3.8, 4) is 71.4 Å². The standard InChI is InChI=1S/C40H22N4O2S10/c1-39(2)15-5-7-47-35(15)38-18(46-39)10-20(54-38)22-12-24-26(50-22)14-28(52-24)30-33-31(41-55-43-33)29(32-34(30)44-56-42-32)27-13-25-23(51-27)11-21(49-25)19-9-16-36(53-19)37-17(6-8-48-37)45-40(16,3)4/h5-14H,1-4H3. The molecule has 0 bridgehead atoms. The van der Waals surface area contributed by atoms with Gasteiger partial charge in [-0.15, -0.1) is 90.7 Å². The number of benzene rings is 1. The maximum atomic E-state index is 6.51. The molecule has 1 aromatic carbocycles. The fourth-order valence-electron chi connectivity index (χ4n) is 7.91. The van der Waals surface area contributed by atoms with E-state index in [1.807, 2.05) is 45.3 Å². The molecule has 0 saturated carbocycles. The van der Waals surface area contributed by atoms with E-state index in [0.717, 1.165) is 54.8 Å². The molecule has 274 valence electrons. The Morgan fingerprint density at radius 1 is 0.482 bits per heavy atom. The van der Waals surface area contributed by atoms with Gasteiger partial charge in [0.2, 0.25) is 0 Å². The van der Waals surface area contributed by atoms with Crippen molar-refractivity contribution in [2.75, 3.05) is 0 Å². The fourth-order valence-corrected chi connectivity index (χ4v) is 18.6.